The number of benzene rings is 1. The molecule has 0 aliphatic carbocycles. The third-order valence-electron chi connectivity index (χ3n) is 5.14. The Kier molecular flexibility index (Phi) is 8.89. The van der Waals surface area contributed by atoms with Gasteiger partial charge in [-0.05, 0) is 51.0 Å². The number of piperidine rings is 1. The molecule has 7 heteroatoms. The number of likely N-dealkylation sites (tertiary alicyclic amines) is 1. The van der Waals surface area contributed by atoms with E-state index in [0.29, 0.717) is 32.0 Å². The molecule has 0 spiro atoms. The Labute approximate surface area is 185 Å². The minimum atomic E-state index is -0.677. The molecule has 1 aliphatic heterocycles. The first-order valence-corrected chi connectivity index (χ1v) is 11.1. The van der Waals surface area contributed by atoms with Crippen LogP contribution in [-0.4, -0.2) is 48.0 Å². The molecule has 172 valence electrons. The maximum Gasteiger partial charge on any atom is 0.407 e. The molecule has 2 N–H and O–H groups in total. The van der Waals surface area contributed by atoms with E-state index in [0.717, 1.165) is 18.4 Å². The van der Waals surface area contributed by atoms with Gasteiger partial charge in [-0.15, -0.1) is 0 Å². The van der Waals surface area contributed by atoms with E-state index in [1.165, 1.54) is 0 Å². The molecule has 1 saturated heterocycles. The molecule has 1 unspecified atom stereocenters. The molecule has 0 radical (unpaired) electrons. The molecule has 2 rings (SSSR count). The van der Waals surface area contributed by atoms with E-state index >= 15 is 0 Å². The van der Waals surface area contributed by atoms with Crippen LogP contribution in [0.1, 0.15) is 65.5 Å². The summed E-state index contributed by atoms with van der Waals surface area (Å²) in [5.74, 6) is 0.317. The molecule has 1 aromatic carbocycles. The van der Waals surface area contributed by atoms with Crippen LogP contribution in [0.3, 0.4) is 0 Å². The molecule has 1 aromatic rings. The van der Waals surface area contributed by atoms with Gasteiger partial charge in [-0.2, -0.15) is 0 Å². The van der Waals surface area contributed by atoms with E-state index in [-0.39, 0.29) is 17.7 Å². The number of hydrogen-bond donors (Lipinski definition) is 2. The van der Waals surface area contributed by atoms with Gasteiger partial charge in [-0.25, -0.2) is 4.79 Å². The van der Waals surface area contributed by atoms with Crippen molar-refractivity contribution in [3.63, 3.8) is 0 Å². The van der Waals surface area contributed by atoms with Crippen LogP contribution >= 0.6 is 0 Å². The fourth-order valence-corrected chi connectivity index (χ4v) is 3.61. The summed E-state index contributed by atoms with van der Waals surface area (Å²) in [6.45, 7) is 11.2. The maximum absolute atomic E-state index is 13.3. The topological polar surface area (TPSA) is 87.7 Å². The van der Waals surface area contributed by atoms with E-state index in [1.54, 1.807) is 0 Å². The lowest BCUT2D eigenvalue weighted by Gasteiger charge is -2.34. The molecule has 0 saturated carbocycles. The van der Waals surface area contributed by atoms with Crippen molar-refractivity contribution in [3.8, 4) is 0 Å². The zero-order chi connectivity index (χ0) is 23.0. The second-order valence-corrected chi connectivity index (χ2v) is 9.66. The predicted octanol–water partition coefficient (Wildman–Crippen LogP) is 3.65. The zero-order valence-electron chi connectivity index (χ0n) is 19.4. The summed E-state index contributed by atoms with van der Waals surface area (Å²) < 4.78 is 5.28. The van der Waals surface area contributed by atoms with Crippen LogP contribution < -0.4 is 10.6 Å². The molecule has 0 aromatic heterocycles. The number of alkyl carbamates (subject to hydrolysis) is 1. The second kappa shape index (κ2) is 11.2. The van der Waals surface area contributed by atoms with E-state index in [2.05, 4.69) is 10.6 Å². The lowest BCUT2D eigenvalue weighted by atomic mass is 9.95. The summed E-state index contributed by atoms with van der Waals surface area (Å²) in [5.41, 5.74) is 0.269. The standard InChI is InChI=1S/C24H37N3O4/c1-17(2)15-20(28)26-21(19-9-7-6-8-10-19)22(29)27-13-11-18(12-14-27)16-25-23(30)31-24(3,4)5/h6-10,17-18,21H,11-16H2,1-5H3,(H,25,30)(H,26,28). The highest BCUT2D eigenvalue weighted by molar-refractivity contribution is 5.88. The maximum atomic E-state index is 13.3. The number of carbonyl (C=O) groups is 3. The number of nitrogens with one attached hydrogen (secondary N) is 2. The smallest absolute Gasteiger partial charge is 0.407 e. The van der Waals surface area contributed by atoms with Gasteiger partial charge in [0, 0.05) is 26.1 Å². The molecule has 3 amide bonds. The minimum Gasteiger partial charge on any atom is -0.444 e. The number of amides is 3. The number of carbonyl (C=O) groups excluding carboxylic acids is 3. The van der Waals surface area contributed by atoms with Gasteiger partial charge in [-0.3, -0.25) is 9.59 Å². The van der Waals surface area contributed by atoms with Crippen molar-refractivity contribution in [1.29, 1.82) is 0 Å². The number of nitrogens with zero attached hydrogens (tertiary/aromatic N) is 1. The molecule has 7 nitrogen and oxygen atoms in total. The Morgan fingerprint density at radius 1 is 1.10 bits per heavy atom. The Bertz CT molecular complexity index is 735. The summed E-state index contributed by atoms with van der Waals surface area (Å²) in [5, 5.41) is 5.76. The highest BCUT2D eigenvalue weighted by Gasteiger charge is 2.30. The molecule has 0 bridgehead atoms. The van der Waals surface area contributed by atoms with Crippen LogP contribution in [0.25, 0.3) is 0 Å². The third kappa shape index (κ3) is 8.59. The van der Waals surface area contributed by atoms with E-state index in [9.17, 15) is 14.4 Å². The molecule has 1 heterocycles. The summed E-state index contributed by atoms with van der Waals surface area (Å²) in [6.07, 6.45) is 1.56. The summed E-state index contributed by atoms with van der Waals surface area (Å²) in [4.78, 5) is 39.3. The summed E-state index contributed by atoms with van der Waals surface area (Å²) >= 11 is 0. The average molecular weight is 432 g/mol. The normalized spacial score (nSPS) is 16.0. The molecular formula is C24H37N3O4. The van der Waals surface area contributed by atoms with Crippen molar-refractivity contribution in [2.24, 2.45) is 11.8 Å². The van der Waals surface area contributed by atoms with Crippen LogP contribution in [0.4, 0.5) is 4.79 Å². The third-order valence-corrected chi connectivity index (χ3v) is 5.14. The SMILES string of the molecule is CC(C)CC(=O)NC(C(=O)N1CCC(CNC(=O)OC(C)(C)C)CC1)c1ccccc1. The first kappa shape index (κ1) is 24.7. The van der Waals surface area contributed by atoms with Crippen molar-refractivity contribution in [3.05, 3.63) is 35.9 Å². The van der Waals surface area contributed by atoms with Gasteiger partial charge < -0.3 is 20.3 Å². The van der Waals surface area contributed by atoms with Gasteiger partial charge in [0.15, 0.2) is 0 Å². The lowest BCUT2D eigenvalue weighted by Crippen LogP contribution is -2.47. The Balaban J connectivity index is 1.93. The van der Waals surface area contributed by atoms with Crippen molar-refractivity contribution in [2.75, 3.05) is 19.6 Å². The molecule has 1 atom stereocenters. The lowest BCUT2D eigenvalue weighted by molar-refractivity contribution is -0.138. The van der Waals surface area contributed by atoms with Crippen molar-refractivity contribution in [1.82, 2.24) is 15.5 Å². The van der Waals surface area contributed by atoms with Crippen molar-refractivity contribution < 1.29 is 19.1 Å². The summed E-state index contributed by atoms with van der Waals surface area (Å²) in [6, 6.07) is 8.71. The van der Waals surface area contributed by atoms with Crippen LogP contribution in [0.15, 0.2) is 30.3 Å². The quantitative estimate of drug-likeness (QED) is 0.690. The van der Waals surface area contributed by atoms with Crippen LogP contribution in [-0.2, 0) is 14.3 Å². The Hall–Kier alpha value is -2.57. The molecule has 31 heavy (non-hydrogen) atoms. The van der Waals surface area contributed by atoms with Gasteiger partial charge >= 0.3 is 6.09 Å². The number of hydrogen-bond acceptors (Lipinski definition) is 4. The highest BCUT2D eigenvalue weighted by Crippen LogP contribution is 2.22. The van der Waals surface area contributed by atoms with Crippen molar-refractivity contribution >= 4 is 17.9 Å². The first-order valence-electron chi connectivity index (χ1n) is 11.1. The molecule has 1 fully saturated rings. The first-order chi connectivity index (χ1) is 14.5. The highest BCUT2D eigenvalue weighted by atomic mass is 16.6. The van der Waals surface area contributed by atoms with E-state index < -0.39 is 17.7 Å². The van der Waals surface area contributed by atoms with Crippen molar-refractivity contribution in [2.45, 2.75) is 65.5 Å². The van der Waals surface area contributed by atoms with Gasteiger partial charge in [0.05, 0.1) is 0 Å². The van der Waals surface area contributed by atoms with Gasteiger partial charge in [-0.1, -0.05) is 44.2 Å². The van der Waals surface area contributed by atoms with Crippen LogP contribution in [0.2, 0.25) is 0 Å². The van der Waals surface area contributed by atoms with Gasteiger partial charge in [0.2, 0.25) is 11.8 Å². The largest absolute Gasteiger partial charge is 0.444 e. The fourth-order valence-electron chi connectivity index (χ4n) is 3.61. The number of ether oxygens (including phenoxy) is 1. The van der Waals surface area contributed by atoms with Crippen LogP contribution in [0, 0.1) is 11.8 Å². The minimum absolute atomic E-state index is 0.0816. The van der Waals surface area contributed by atoms with E-state index in [4.69, 9.17) is 4.74 Å². The molecular weight excluding hydrogens is 394 g/mol. The van der Waals surface area contributed by atoms with Gasteiger partial charge in [0.25, 0.3) is 0 Å². The number of rotatable bonds is 7. The monoisotopic (exact) mass is 431 g/mol. The Morgan fingerprint density at radius 3 is 2.26 bits per heavy atom. The van der Waals surface area contributed by atoms with Crippen LogP contribution in [0.5, 0.6) is 0 Å². The predicted molar refractivity (Wildman–Crippen MR) is 120 cm³/mol. The molecule has 1 aliphatic rings. The van der Waals surface area contributed by atoms with E-state index in [1.807, 2.05) is 69.9 Å². The van der Waals surface area contributed by atoms with Gasteiger partial charge in [0.1, 0.15) is 11.6 Å². The summed E-state index contributed by atoms with van der Waals surface area (Å²) in [7, 11) is 0. The average Bonchev–Trinajstić information content (AvgIpc) is 2.69. The Morgan fingerprint density at radius 2 is 1.71 bits per heavy atom. The zero-order valence-corrected chi connectivity index (χ0v) is 19.4. The second-order valence-electron chi connectivity index (χ2n) is 9.66. The fraction of sp³-hybridized carbons (Fsp3) is 0.625.